The van der Waals surface area contributed by atoms with Gasteiger partial charge in [0.15, 0.2) is 9.84 Å². The van der Waals surface area contributed by atoms with E-state index >= 15 is 0 Å². The summed E-state index contributed by atoms with van der Waals surface area (Å²) in [6.45, 7) is 16.8. The minimum Gasteiger partial charge on any atom is -0.455 e. The van der Waals surface area contributed by atoms with Crippen LogP contribution in [-0.2, 0) is 26.1 Å². The minimum atomic E-state index is -3.54. The molecule has 19 rings (SSSR count). The molecule has 15 aromatic rings. The van der Waals surface area contributed by atoms with E-state index in [0.29, 0.717) is 0 Å². The van der Waals surface area contributed by atoms with Crippen LogP contribution in [0.3, 0.4) is 0 Å². The first-order valence-electron chi connectivity index (χ1n) is 34.8. The van der Waals surface area contributed by atoms with Crippen molar-refractivity contribution in [2.45, 2.75) is 68.5 Å². The first-order valence-corrected chi connectivity index (χ1v) is 40.2. The molecule has 1 aromatic heterocycles. The number of anilines is 6. The molecule has 5 nitrogen and oxygen atoms in total. The predicted octanol–water partition coefficient (Wildman–Crippen LogP) is 23.9. The molecule has 1 heterocycles. The van der Waals surface area contributed by atoms with Crippen molar-refractivity contribution in [3.05, 3.63) is 336 Å². The molecule has 0 saturated heterocycles. The van der Waals surface area contributed by atoms with E-state index in [4.69, 9.17) is 4.42 Å². The van der Waals surface area contributed by atoms with Gasteiger partial charge >= 0.3 is 0 Å². The number of furan rings is 1. The van der Waals surface area contributed by atoms with Crippen LogP contribution in [0.1, 0.15) is 72.2 Å². The molecule has 14 aromatic carbocycles. The highest BCUT2D eigenvalue weighted by Gasteiger charge is 2.54. The van der Waals surface area contributed by atoms with Crippen molar-refractivity contribution in [1.82, 2.24) is 0 Å². The number of hydrogen-bond donors (Lipinski definition) is 0. The van der Waals surface area contributed by atoms with E-state index in [0.717, 1.165) is 89.1 Å². The van der Waals surface area contributed by atoms with Gasteiger partial charge < -0.3 is 14.2 Å². The fraction of sp³-hybridized carbons (Fsp3) is 0.118. The van der Waals surface area contributed by atoms with Crippen molar-refractivity contribution in [2.24, 2.45) is 0 Å². The Bertz CT molecular complexity index is 6050. The highest BCUT2D eigenvalue weighted by atomic mass is 32.2. The minimum absolute atomic E-state index is 0.265. The average molecular weight is 1330 g/mol. The molecule has 482 valence electrons. The highest BCUT2D eigenvalue weighted by molar-refractivity contribution is 7.90. The van der Waals surface area contributed by atoms with Crippen molar-refractivity contribution >= 4 is 89.9 Å². The van der Waals surface area contributed by atoms with Gasteiger partial charge in [-0.05, 0) is 202 Å². The number of benzene rings is 14. The summed E-state index contributed by atoms with van der Waals surface area (Å²) >= 11 is 0. The van der Waals surface area contributed by atoms with Crippen molar-refractivity contribution < 1.29 is 12.8 Å². The van der Waals surface area contributed by atoms with E-state index in [1.807, 2.05) is 12.1 Å². The van der Waals surface area contributed by atoms with Gasteiger partial charge in [0.2, 0.25) is 0 Å². The Hall–Kier alpha value is -11.1. The number of sulfone groups is 1. The van der Waals surface area contributed by atoms with Gasteiger partial charge in [0.1, 0.15) is 11.2 Å². The third kappa shape index (κ3) is 8.61. The third-order valence-electron chi connectivity index (χ3n) is 22.7. The molecule has 0 fully saturated rings. The van der Waals surface area contributed by atoms with Gasteiger partial charge in [-0.1, -0.05) is 253 Å². The Kier molecular flexibility index (Phi) is 12.9. The fourth-order valence-corrected chi connectivity index (χ4v) is 19.6. The van der Waals surface area contributed by atoms with E-state index in [1.165, 1.54) is 100 Å². The van der Waals surface area contributed by atoms with Crippen LogP contribution < -0.4 is 15.0 Å². The molecular weight excluding hydrogens is 1250 g/mol. The average Bonchev–Trinajstić information content (AvgIpc) is 1.49. The number of hydrogen-bond acceptors (Lipinski definition) is 5. The number of rotatable bonds is 10. The summed E-state index contributed by atoms with van der Waals surface area (Å²) in [5.74, 6) is 0. The Labute approximate surface area is 585 Å². The highest BCUT2D eigenvalue weighted by Crippen LogP contribution is 2.68. The summed E-state index contributed by atoms with van der Waals surface area (Å²) in [6.07, 6.45) is 1.28. The van der Waals surface area contributed by atoms with Crippen LogP contribution in [-0.4, -0.2) is 22.7 Å². The quantitative estimate of drug-likeness (QED) is 0.128. The lowest BCUT2D eigenvalue weighted by Crippen LogP contribution is -2.37. The molecule has 0 aliphatic heterocycles. The lowest BCUT2D eigenvalue weighted by atomic mass is 9.70. The van der Waals surface area contributed by atoms with Crippen LogP contribution in [0.25, 0.3) is 99.5 Å². The second kappa shape index (κ2) is 21.5. The summed E-state index contributed by atoms with van der Waals surface area (Å²) in [7, 11) is -5.28. The largest absolute Gasteiger partial charge is 0.455 e. The zero-order valence-electron chi connectivity index (χ0n) is 57.2. The van der Waals surface area contributed by atoms with Gasteiger partial charge in [-0.25, -0.2) is 8.42 Å². The van der Waals surface area contributed by atoms with E-state index in [1.54, 1.807) is 12.1 Å². The standard InChI is InChI=1S/C93H72N2O3SSi/c1-91(2)78-51-59(57-23-11-9-12-24-57)35-47-69(78)71-49-41-63(53-80(71)91)94(61-37-43-65(44-38-61)99(5,96)97)84-55-82-87(74-30-16-15-29-73(74)84)89-83(93(82)76-32-20-17-27-67(76)68-28-18-21-33-77(68)93)56-85(88-75-31-19-22-34-86(75)98-90(88)89)95(62-39-45-66(46-40-62)100(6,7)8)64-42-50-72-70-48-36-60(58-25-13-10-14-26-58)52-79(70)92(3,4)81(72)54-64/h9-56H,1-8H3. The molecule has 0 saturated carbocycles. The van der Waals surface area contributed by atoms with Gasteiger partial charge in [0.05, 0.1) is 35.1 Å². The Morgan fingerprint density at radius 1 is 0.340 bits per heavy atom. The molecule has 1 spiro atoms. The second-order valence-electron chi connectivity index (χ2n) is 30.0. The summed E-state index contributed by atoms with van der Waals surface area (Å²) in [5.41, 5.74) is 30.2. The lowest BCUT2D eigenvalue weighted by molar-refractivity contribution is 0.602. The fourth-order valence-electron chi connectivity index (χ4n) is 17.8. The molecule has 0 bridgehead atoms. The maximum absolute atomic E-state index is 13.4. The summed E-state index contributed by atoms with van der Waals surface area (Å²) in [4.78, 5) is 5.19. The molecule has 7 heteroatoms. The first-order chi connectivity index (χ1) is 48.4. The SMILES string of the molecule is CC1(C)c2cc(-c3ccccc3)ccc2-c2ccc(N(c3ccc(S(C)(=O)=O)cc3)c3cc4c(c5ccccc35)-c3c(cc(N(c5ccc([Si](C)(C)C)cc5)c5ccc6c(c5)C(C)(C)c5cc(-c7ccccc7)ccc5-6)c5c3oc3ccccc35)C43c4ccccc4-c4ccccc43)cc21. The van der Waals surface area contributed by atoms with Gasteiger partial charge in [-0.15, -0.1) is 0 Å². The number of nitrogens with zero attached hydrogens (tertiary/aromatic N) is 2. The van der Waals surface area contributed by atoms with Crippen LogP contribution in [0.15, 0.2) is 300 Å². The van der Waals surface area contributed by atoms with Crippen LogP contribution in [0.4, 0.5) is 34.1 Å². The maximum Gasteiger partial charge on any atom is 0.175 e. The van der Waals surface area contributed by atoms with E-state index in [9.17, 15) is 8.42 Å². The summed E-state index contributed by atoms with van der Waals surface area (Å²) in [5, 5.41) is 5.60. The molecule has 100 heavy (non-hydrogen) atoms. The molecule has 0 radical (unpaired) electrons. The Morgan fingerprint density at radius 3 is 1.28 bits per heavy atom. The Balaban J connectivity index is 0.892. The first kappa shape index (κ1) is 60.1. The normalized spacial score (nSPS) is 14.5. The van der Waals surface area contributed by atoms with Crippen LogP contribution in [0, 0.1) is 0 Å². The van der Waals surface area contributed by atoms with Gasteiger partial charge in [0.25, 0.3) is 0 Å². The molecule has 4 aliphatic carbocycles. The van der Waals surface area contributed by atoms with Crippen LogP contribution in [0.2, 0.25) is 19.6 Å². The number of para-hydroxylation sites is 1. The van der Waals surface area contributed by atoms with E-state index in [2.05, 4.69) is 324 Å². The second-order valence-corrected chi connectivity index (χ2v) is 37.1. The summed E-state index contributed by atoms with van der Waals surface area (Å²) < 4.78 is 34.5. The van der Waals surface area contributed by atoms with Crippen molar-refractivity contribution in [3.63, 3.8) is 0 Å². The zero-order chi connectivity index (χ0) is 67.9. The molecule has 4 aliphatic rings. The molecule has 0 unspecified atom stereocenters. The number of fused-ring (bicyclic) bond motifs is 22. The van der Waals surface area contributed by atoms with E-state index in [-0.39, 0.29) is 15.7 Å². The van der Waals surface area contributed by atoms with Crippen molar-refractivity contribution in [2.75, 3.05) is 16.1 Å². The zero-order valence-corrected chi connectivity index (χ0v) is 59.1. The van der Waals surface area contributed by atoms with Crippen LogP contribution >= 0.6 is 0 Å². The molecule has 0 N–H and O–H groups in total. The van der Waals surface area contributed by atoms with Gasteiger partial charge in [-0.2, -0.15) is 0 Å². The van der Waals surface area contributed by atoms with E-state index < -0.39 is 23.3 Å². The predicted molar refractivity (Wildman–Crippen MR) is 419 cm³/mol. The Morgan fingerprint density at radius 2 is 0.750 bits per heavy atom. The van der Waals surface area contributed by atoms with Gasteiger partial charge in [0, 0.05) is 56.2 Å². The topological polar surface area (TPSA) is 53.8 Å². The van der Waals surface area contributed by atoms with Crippen molar-refractivity contribution in [3.8, 4) is 66.8 Å². The van der Waals surface area contributed by atoms with Crippen molar-refractivity contribution in [1.29, 1.82) is 0 Å². The summed E-state index contributed by atoms with van der Waals surface area (Å²) in [6, 6.07) is 107. The monoisotopic (exact) mass is 1320 g/mol. The van der Waals surface area contributed by atoms with Gasteiger partial charge in [-0.3, -0.25) is 0 Å². The smallest absolute Gasteiger partial charge is 0.175 e. The molecular formula is C93H72N2O3SSi. The molecule has 0 amide bonds. The molecule has 0 atom stereocenters. The third-order valence-corrected chi connectivity index (χ3v) is 25.9. The maximum atomic E-state index is 13.4. The lowest BCUT2D eigenvalue weighted by Gasteiger charge is -2.34. The van der Waals surface area contributed by atoms with Crippen LogP contribution in [0.5, 0.6) is 0 Å².